The minimum Gasteiger partial charge on any atom is -0.481 e. The van der Waals surface area contributed by atoms with E-state index in [1.165, 1.54) is 0 Å². The second-order valence-corrected chi connectivity index (χ2v) is 7.80. The van der Waals surface area contributed by atoms with Crippen LogP contribution in [0.25, 0.3) is 5.69 Å². The molecule has 8 heteroatoms. The smallest absolute Gasteiger partial charge is 0.306 e. The van der Waals surface area contributed by atoms with E-state index in [4.69, 9.17) is 39.5 Å². The Bertz CT molecular complexity index is 1120. The fraction of sp³-hybridized carbons (Fsp3) is 0.143. The Morgan fingerprint density at radius 1 is 1.07 bits per heavy atom. The number of ketones is 1. The number of Topliss-reactive ketones (excluding diaryl/α,β-unsaturated/α-hetero) is 1. The zero-order valence-corrected chi connectivity index (χ0v) is 17.1. The number of carbonyl (C=O) groups is 2. The summed E-state index contributed by atoms with van der Waals surface area (Å²) in [6, 6.07) is 13.4. The van der Waals surface area contributed by atoms with Crippen LogP contribution in [0.4, 0.5) is 0 Å². The second kappa shape index (κ2) is 7.84. The van der Waals surface area contributed by atoms with E-state index in [0.717, 1.165) is 0 Å². The molecule has 2 atom stereocenters. The minimum atomic E-state index is -1.11. The number of ether oxygens (including phenoxy) is 1. The molecule has 0 fully saturated rings. The lowest BCUT2D eigenvalue weighted by molar-refractivity contribution is -0.141. The van der Waals surface area contributed by atoms with E-state index in [9.17, 15) is 14.7 Å². The van der Waals surface area contributed by atoms with Crippen LogP contribution in [-0.2, 0) is 9.53 Å². The number of aliphatic carboxylic acids is 1. The summed E-state index contributed by atoms with van der Waals surface area (Å²) in [5, 5.41) is 10.2. The van der Waals surface area contributed by atoms with Crippen LogP contribution in [0.3, 0.4) is 0 Å². The third kappa shape index (κ3) is 3.67. The van der Waals surface area contributed by atoms with Crippen LogP contribution in [0.15, 0.2) is 54.7 Å². The highest BCUT2D eigenvalue weighted by molar-refractivity contribution is 6.44. The Kier molecular flexibility index (Phi) is 5.40. The van der Waals surface area contributed by atoms with Crippen molar-refractivity contribution in [1.82, 2.24) is 4.57 Å². The van der Waals surface area contributed by atoms with Gasteiger partial charge in [-0.05, 0) is 42.5 Å². The van der Waals surface area contributed by atoms with Crippen molar-refractivity contribution in [2.45, 2.75) is 18.6 Å². The van der Waals surface area contributed by atoms with Gasteiger partial charge < -0.3 is 14.4 Å². The standard InChI is InChI=1S/C21H14Cl3NO4/c22-11-6-7-15-13(9-11)21(20(28)12-3-1-4-14(23)19(12)24)29-17(10-18(26)27)16-5-2-8-25(15)16/h1-9,17,21H,10H2,(H,26,27). The number of carbonyl (C=O) groups excluding carboxylic acids is 1. The number of fused-ring (bicyclic) bond motifs is 3. The summed E-state index contributed by atoms with van der Waals surface area (Å²) in [4.78, 5) is 24.9. The topological polar surface area (TPSA) is 68.5 Å². The average molecular weight is 451 g/mol. The monoisotopic (exact) mass is 449 g/mol. The van der Waals surface area contributed by atoms with Crippen LogP contribution >= 0.6 is 34.8 Å². The number of halogens is 3. The molecule has 0 spiro atoms. The molecular formula is C21H14Cl3NO4. The Labute approximate surface area is 181 Å². The first-order valence-electron chi connectivity index (χ1n) is 8.69. The van der Waals surface area contributed by atoms with E-state index in [1.54, 1.807) is 54.7 Å². The summed E-state index contributed by atoms with van der Waals surface area (Å²) >= 11 is 18.5. The van der Waals surface area contributed by atoms with Crippen molar-refractivity contribution in [3.8, 4) is 5.69 Å². The largest absolute Gasteiger partial charge is 0.481 e. The molecule has 2 unspecified atom stereocenters. The van der Waals surface area contributed by atoms with Crippen LogP contribution < -0.4 is 0 Å². The minimum absolute atomic E-state index is 0.116. The molecule has 4 rings (SSSR count). The van der Waals surface area contributed by atoms with Crippen molar-refractivity contribution < 1.29 is 19.4 Å². The molecule has 5 nitrogen and oxygen atoms in total. The maximum atomic E-state index is 13.4. The molecule has 1 aliphatic heterocycles. The first kappa shape index (κ1) is 20.0. The Balaban J connectivity index is 1.90. The van der Waals surface area contributed by atoms with E-state index < -0.39 is 24.0 Å². The molecule has 148 valence electrons. The van der Waals surface area contributed by atoms with E-state index in [1.807, 2.05) is 4.57 Å². The van der Waals surface area contributed by atoms with Gasteiger partial charge in [0.05, 0.1) is 27.8 Å². The van der Waals surface area contributed by atoms with Gasteiger partial charge in [-0.1, -0.05) is 40.9 Å². The highest BCUT2D eigenvalue weighted by Gasteiger charge is 2.35. The quantitative estimate of drug-likeness (QED) is 0.502. The molecule has 0 saturated carbocycles. The second-order valence-electron chi connectivity index (χ2n) is 6.57. The molecule has 0 aliphatic carbocycles. The molecule has 0 radical (unpaired) electrons. The van der Waals surface area contributed by atoms with E-state index in [0.29, 0.717) is 22.0 Å². The summed E-state index contributed by atoms with van der Waals surface area (Å²) in [5.74, 6) is -1.47. The number of carboxylic acids is 1. The van der Waals surface area contributed by atoms with Crippen LogP contribution in [-0.4, -0.2) is 21.4 Å². The lowest BCUT2D eigenvalue weighted by Crippen LogP contribution is -2.20. The SMILES string of the molecule is O=C(O)CC1OC(C(=O)c2cccc(Cl)c2Cl)c2cc(Cl)ccc2-n2cccc21. The fourth-order valence-corrected chi connectivity index (χ4v) is 4.06. The Morgan fingerprint density at radius 3 is 2.62 bits per heavy atom. The van der Waals surface area contributed by atoms with Gasteiger partial charge in [0.2, 0.25) is 0 Å². The zero-order chi connectivity index (χ0) is 20.7. The Morgan fingerprint density at radius 2 is 1.86 bits per heavy atom. The molecule has 29 heavy (non-hydrogen) atoms. The molecule has 2 aromatic carbocycles. The maximum Gasteiger partial charge on any atom is 0.306 e. The van der Waals surface area contributed by atoms with Gasteiger partial charge in [0.1, 0.15) is 12.2 Å². The highest BCUT2D eigenvalue weighted by atomic mass is 35.5. The van der Waals surface area contributed by atoms with Gasteiger partial charge in [-0.3, -0.25) is 9.59 Å². The average Bonchev–Trinajstić information content (AvgIpc) is 3.12. The number of rotatable bonds is 4. The summed E-state index contributed by atoms with van der Waals surface area (Å²) in [5.41, 5.74) is 2.02. The zero-order valence-electron chi connectivity index (χ0n) is 14.8. The van der Waals surface area contributed by atoms with Crippen LogP contribution in [0.2, 0.25) is 15.1 Å². The van der Waals surface area contributed by atoms with Gasteiger partial charge in [-0.25, -0.2) is 0 Å². The summed E-state index contributed by atoms with van der Waals surface area (Å²) < 4.78 is 7.90. The summed E-state index contributed by atoms with van der Waals surface area (Å²) in [6.45, 7) is 0. The highest BCUT2D eigenvalue weighted by Crippen LogP contribution is 2.41. The van der Waals surface area contributed by atoms with Crippen LogP contribution in [0, 0.1) is 0 Å². The molecule has 0 saturated heterocycles. The first-order valence-corrected chi connectivity index (χ1v) is 9.82. The predicted octanol–water partition coefficient (Wildman–Crippen LogP) is 5.91. The lowest BCUT2D eigenvalue weighted by Gasteiger charge is -2.21. The van der Waals surface area contributed by atoms with Crippen molar-refractivity contribution in [3.05, 3.63) is 86.6 Å². The molecule has 1 N–H and O–H groups in total. The number of aromatic nitrogens is 1. The molecule has 3 aromatic rings. The number of hydrogen-bond donors (Lipinski definition) is 1. The lowest BCUT2D eigenvalue weighted by atomic mass is 9.98. The molecule has 1 aliphatic rings. The number of nitrogens with zero attached hydrogens (tertiary/aromatic N) is 1. The molecule has 0 bridgehead atoms. The van der Waals surface area contributed by atoms with Crippen LogP contribution in [0.5, 0.6) is 0 Å². The fourth-order valence-electron chi connectivity index (χ4n) is 3.49. The summed E-state index contributed by atoms with van der Waals surface area (Å²) in [6.07, 6.45) is -0.470. The Hall–Kier alpha value is -2.31. The summed E-state index contributed by atoms with van der Waals surface area (Å²) in [7, 11) is 0. The molecule has 1 aromatic heterocycles. The molecular weight excluding hydrogens is 437 g/mol. The number of benzene rings is 2. The van der Waals surface area contributed by atoms with Gasteiger partial charge in [-0.15, -0.1) is 0 Å². The van der Waals surface area contributed by atoms with Crippen molar-refractivity contribution in [1.29, 1.82) is 0 Å². The number of hydrogen-bond acceptors (Lipinski definition) is 3. The van der Waals surface area contributed by atoms with Gasteiger partial charge in [0, 0.05) is 22.3 Å². The van der Waals surface area contributed by atoms with E-state index in [2.05, 4.69) is 0 Å². The first-order chi connectivity index (χ1) is 13.9. The molecule has 2 heterocycles. The normalized spacial score (nSPS) is 17.9. The van der Waals surface area contributed by atoms with Gasteiger partial charge >= 0.3 is 5.97 Å². The maximum absolute atomic E-state index is 13.4. The van der Waals surface area contributed by atoms with Gasteiger partial charge in [0.15, 0.2) is 5.78 Å². The molecule has 0 amide bonds. The van der Waals surface area contributed by atoms with Crippen LogP contribution in [0.1, 0.15) is 40.2 Å². The third-order valence-electron chi connectivity index (χ3n) is 4.76. The third-order valence-corrected chi connectivity index (χ3v) is 5.81. The van der Waals surface area contributed by atoms with Crippen molar-refractivity contribution >= 4 is 46.6 Å². The van der Waals surface area contributed by atoms with Crippen molar-refractivity contribution in [2.24, 2.45) is 0 Å². The number of carboxylic acid groups (broad SMARTS) is 1. The van der Waals surface area contributed by atoms with Crippen molar-refractivity contribution in [3.63, 3.8) is 0 Å². The predicted molar refractivity (Wildman–Crippen MR) is 110 cm³/mol. The van der Waals surface area contributed by atoms with Gasteiger partial charge in [-0.2, -0.15) is 0 Å². The van der Waals surface area contributed by atoms with E-state index >= 15 is 0 Å². The van der Waals surface area contributed by atoms with Crippen molar-refractivity contribution in [2.75, 3.05) is 0 Å². The van der Waals surface area contributed by atoms with E-state index in [-0.39, 0.29) is 22.0 Å². The van der Waals surface area contributed by atoms with Gasteiger partial charge in [0.25, 0.3) is 0 Å².